The molecule has 7 nitrogen and oxygen atoms in total. The first-order chi connectivity index (χ1) is 9.16. The van der Waals surface area contributed by atoms with E-state index in [0.29, 0.717) is 18.4 Å². The Labute approximate surface area is 111 Å². The number of hydrogen-bond donors (Lipinski definition) is 2. The summed E-state index contributed by atoms with van der Waals surface area (Å²) in [7, 11) is 0. The highest BCUT2D eigenvalue weighted by Gasteiger charge is 2.15. The third-order valence-corrected chi connectivity index (χ3v) is 3.25. The number of hydrogen-bond acceptors (Lipinski definition) is 6. The van der Waals surface area contributed by atoms with Gasteiger partial charge < -0.3 is 15.8 Å². The van der Waals surface area contributed by atoms with Crippen LogP contribution in [0.4, 0.5) is 11.5 Å². The summed E-state index contributed by atoms with van der Waals surface area (Å²) in [6, 6.07) is 2.80. The summed E-state index contributed by atoms with van der Waals surface area (Å²) in [4.78, 5) is 13.9. The van der Waals surface area contributed by atoms with Crippen LogP contribution in [0.1, 0.15) is 19.3 Å². The van der Waals surface area contributed by atoms with Gasteiger partial charge in [0, 0.05) is 12.1 Å². The van der Waals surface area contributed by atoms with Crippen LogP contribution in [0.5, 0.6) is 5.88 Å². The number of ether oxygens (including phenoxy) is 1. The van der Waals surface area contributed by atoms with Gasteiger partial charge in [0.2, 0.25) is 11.7 Å². The second-order valence-electron chi connectivity index (χ2n) is 4.66. The lowest BCUT2D eigenvalue weighted by Gasteiger charge is -2.22. The average molecular weight is 266 g/mol. The van der Waals surface area contributed by atoms with E-state index in [-0.39, 0.29) is 11.5 Å². The fourth-order valence-corrected chi connectivity index (χ4v) is 2.18. The lowest BCUT2D eigenvalue weighted by Crippen LogP contribution is -2.30. The van der Waals surface area contributed by atoms with Gasteiger partial charge in [-0.1, -0.05) is 0 Å². The molecule has 19 heavy (non-hydrogen) atoms. The summed E-state index contributed by atoms with van der Waals surface area (Å²) in [5.74, 6) is 0.859. The van der Waals surface area contributed by atoms with Gasteiger partial charge in [0.05, 0.1) is 11.5 Å². The molecule has 2 heterocycles. The number of nitrogens with zero attached hydrogens (tertiary/aromatic N) is 2. The van der Waals surface area contributed by atoms with E-state index in [1.807, 2.05) is 0 Å². The van der Waals surface area contributed by atoms with Crippen LogP contribution >= 0.6 is 0 Å². The number of nitrogens with two attached hydrogens (primary N) is 1. The van der Waals surface area contributed by atoms with Crippen molar-refractivity contribution in [2.45, 2.75) is 19.3 Å². The summed E-state index contributed by atoms with van der Waals surface area (Å²) in [5.41, 5.74) is 5.30. The molecular weight excluding hydrogens is 248 g/mol. The molecule has 0 aliphatic carbocycles. The molecule has 1 aliphatic heterocycles. The molecule has 0 radical (unpaired) electrons. The zero-order valence-corrected chi connectivity index (χ0v) is 10.7. The molecule has 1 aliphatic rings. The lowest BCUT2D eigenvalue weighted by molar-refractivity contribution is -0.384. The number of aromatic nitrogens is 1. The van der Waals surface area contributed by atoms with E-state index in [2.05, 4.69) is 10.3 Å². The normalized spacial score (nSPS) is 19.1. The van der Waals surface area contributed by atoms with Crippen LogP contribution in [0.2, 0.25) is 0 Å². The molecule has 0 saturated carbocycles. The van der Waals surface area contributed by atoms with Crippen molar-refractivity contribution in [2.75, 3.05) is 25.4 Å². The molecule has 0 aromatic carbocycles. The van der Waals surface area contributed by atoms with Crippen LogP contribution in [0.3, 0.4) is 0 Å². The molecular formula is C12H18N4O3. The molecule has 0 spiro atoms. The summed E-state index contributed by atoms with van der Waals surface area (Å²) in [5, 5.41) is 13.9. The van der Waals surface area contributed by atoms with Crippen molar-refractivity contribution >= 4 is 11.5 Å². The second-order valence-corrected chi connectivity index (χ2v) is 4.66. The minimum Gasteiger partial charge on any atom is -0.478 e. The van der Waals surface area contributed by atoms with Crippen molar-refractivity contribution in [3.05, 3.63) is 22.2 Å². The fourth-order valence-electron chi connectivity index (χ4n) is 2.18. The van der Waals surface area contributed by atoms with Gasteiger partial charge in [0.1, 0.15) is 0 Å². The van der Waals surface area contributed by atoms with E-state index in [1.54, 1.807) is 0 Å². The molecule has 1 unspecified atom stereocenters. The van der Waals surface area contributed by atoms with Crippen molar-refractivity contribution in [1.29, 1.82) is 0 Å². The van der Waals surface area contributed by atoms with E-state index in [9.17, 15) is 10.1 Å². The van der Waals surface area contributed by atoms with Crippen molar-refractivity contribution < 1.29 is 9.66 Å². The van der Waals surface area contributed by atoms with Crippen LogP contribution in [0.15, 0.2) is 12.1 Å². The second kappa shape index (κ2) is 6.33. The monoisotopic (exact) mass is 266 g/mol. The van der Waals surface area contributed by atoms with Crippen LogP contribution in [0.25, 0.3) is 0 Å². The Morgan fingerprint density at radius 3 is 3.05 bits per heavy atom. The zero-order valence-electron chi connectivity index (χ0n) is 10.7. The fraction of sp³-hybridized carbons (Fsp3) is 0.583. The number of anilines is 1. The SMILES string of the molecule is Nc1nc(OCCC2CCCNC2)ccc1[N+](=O)[O-]. The maximum atomic E-state index is 10.6. The van der Waals surface area contributed by atoms with E-state index < -0.39 is 4.92 Å². The number of nitrogen functional groups attached to an aromatic ring is 1. The van der Waals surface area contributed by atoms with Crippen molar-refractivity contribution in [2.24, 2.45) is 5.92 Å². The first-order valence-corrected chi connectivity index (χ1v) is 6.41. The number of piperidine rings is 1. The van der Waals surface area contributed by atoms with Crippen LogP contribution in [0, 0.1) is 16.0 Å². The van der Waals surface area contributed by atoms with Crippen LogP contribution in [-0.4, -0.2) is 29.6 Å². The first-order valence-electron chi connectivity index (χ1n) is 6.41. The van der Waals surface area contributed by atoms with Gasteiger partial charge in [-0.3, -0.25) is 10.1 Å². The maximum Gasteiger partial charge on any atom is 0.311 e. The third kappa shape index (κ3) is 3.78. The summed E-state index contributed by atoms with van der Waals surface area (Å²) in [6.07, 6.45) is 3.37. The van der Waals surface area contributed by atoms with Crippen molar-refractivity contribution in [3.8, 4) is 5.88 Å². The number of nitrogens with one attached hydrogen (secondary N) is 1. The molecule has 1 atom stereocenters. The highest BCUT2D eigenvalue weighted by molar-refractivity contribution is 5.53. The molecule has 7 heteroatoms. The molecule has 1 aromatic heterocycles. The minimum absolute atomic E-state index is 0.109. The predicted molar refractivity (Wildman–Crippen MR) is 71.0 cm³/mol. The van der Waals surface area contributed by atoms with Gasteiger partial charge in [-0.2, -0.15) is 4.98 Å². The Morgan fingerprint density at radius 1 is 1.58 bits per heavy atom. The topological polar surface area (TPSA) is 103 Å². The molecule has 0 bridgehead atoms. The number of rotatable bonds is 5. The number of nitro groups is 1. The third-order valence-electron chi connectivity index (χ3n) is 3.25. The Morgan fingerprint density at radius 2 is 2.42 bits per heavy atom. The highest BCUT2D eigenvalue weighted by Crippen LogP contribution is 2.22. The van der Waals surface area contributed by atoms with Gasteiger partial charge in [-0.15, -0.1) is 0 Å². The van der Waals surface area contributed by atoms with Gasteiger partial charge >= 0.3 is 5.69 Å². The Bertz CT molecular complexity index is 447. The Hall–Kier alpha value is -1.89. The smallest absolute Gasteiger partial charge is 0.311 e. The predicted octanol–water partition coefficient (Wildman–Crippen LogP) is 1.34. The van der Waals surface area contributed by atoms with E-state index in [1.165, 1.54) is 25.0 Å². The summed E-state index contributed by atoms with van der Waals surface area (Å²) >= 11 is 0. The van der Waals surface area contributed by atoms with E-state index in [0.717, 1.165) is 19.5 Å². The van der Waals surface area contributed by atoms with Crippen LogP contribution < -0.4 is 15.8 Å². The van der Waals surface area contributed by atoms with Gasteiger partial charge in [-0.05, 0) is 38.3 Å². The van der Waals surface area contributed by atoms with Gasteiger partial charge in [-0.25, -0.2) is 0 Å². The largest absolute Gasteiger partial charge is 0.478 e. The highest BCUT2D eigenvalue weighted by atomic mass is 16.6. The Kier molecular flexibility index (Phi) is 4.51. The van der Waals surface area contributed by atoms with E-state index >= 15 is 0 Å². The van der Waals surface area contributed by atoms with Gasteiger partial charge in [0.15, 0.2) is 0 Å². The lowest BCUT2D eigenvalue weighted by atomic mass is 9.97. The number of pyridine rings is 1. The molecule has 0 amide bonds. The molecule has 104 valence electrons. The van der Waals surface area contributed by atoms with E-state index in [4.69, 9.17) is 10.5 Å². The molecule has 1 aromatic rings. The average Bonchev–Trinajstić information content (AvgIpc) is 2.39. The van der Waals surface area contributed by atoms with Gasteiger partial charge in [0.25, 0.3) is 0 Å². The standard InChI is InChI=1S/C12H18N4O3/c13-12-10(16(17)18)3-4-11(15-12)19-7-5-9-2-1-6-14-8-9/h3-4,9,14H,1-2,5-8H2,(H2,13,15). The van der Waals surface area contributed by atoms with Crippen LogP contribution in [-0.2, 0) is 0 Å². The minimum atomic E-state index is -0.556. The molecule has 3 N–H and O–H groups in total. The molecule has 1 fully saturated rings. The zero-order chi connectivity index (χ0) is 13.7. The maximum absolute atomic E-state index is 10.6. The van der Waals surface area contributed by atoms with Crippen molar-refractivity contribution in [1.82, 2.24) is 10.3 Å². The molecule has 1 saturated heterocycles. The Balaban J connectivity index is 1.82. The molecule has 2 rings (SSSR count). The summed E-state index contributed by atoms with van der Waals surface area (Å²) in [6.45, 7) is 2.67. The quantitative estimate of drug-likeness (QED) is 0.615. The van der Waals surface area contributed by atoms with Crippen molar-refractivity contribution in [3.63, 3.8) is 0 Å². The first kappa shape index (κ1) is 13.5. The summed E-state index contributed by atoms with van der Waals surface area (Å²) < 4.78 is 5.48.